The number of carbonyl (C=O) groups is 5. The summed E-state index contributed by atoms with van der Waals surface area (Å²) in [5.41, 5.74) is 4.58. The number of carboxylic acids is 1. The smallest absolute Gasteiger partial charge is 0.347 e. The first-order valence-electron chi connectivity index (χ1n) is 17.6. The maximum atomic E-state index is 14.1. The van der Waals surface area contributed by atoms with Crippen molar-refractivity contribution in [2.24, 2.45) is 5.92 Å². The Bertz CT molecular complexity index is 2480. The Hall–Kier alpha value is -5.72. The topological polar surface area (TPSA) is 163 Å². The number of carbonyl (C=O) groups excluding carboxylic acids is 4. The van der Waals surface area contributed by atoms with Crippen LogP contribution in [-0.2, 0) is 14.3 Å². The van der Waals surface area contributed by atoms with Crippen LogP contribution in [0.5, 0.6) is 23.0 Å². The van der Waals surface area contributed by atoms with Crippen molar-refractivity contribution in [3.05, 3.63) is 125 Å². The first-order valence-corrected chi connectivity index (χ1v) is 18.8. The van der Waals surface area contributed by atoms with Crippen molar-refractivity contribution in [2.45, 2.75) is 62.3 Å². The molecule has 0 spiro atoms. The predicted molar refractivity (Wildman–Crippen MR) is 217 cm³/mol. The van der Waals surface area contributed by atoms with Crippen molar-refractivity contribution in [3.63, 3.8) is 0 Å². The third kappa shape index (κ3) is 7.71. The largest absolute Gasteiger partial charge is 0.506 e. The molecule has 5 rings (SSSR count). The van der Waals surface area contributed by atoms with Crippen molar-refractivity contribution in [3.8, 4) is 34.1 Å². The second-order valence-corrected chi connectivity index (χ2v) is 15.0. The average molecular weight is 860 g/mol. The van der Waals surface area contributed by atoms with Gasteiger partial charge in [0.15, 0.2) is 11.5 Å². The molecular weight excluding hydrogens is 820 g/mol. The number of methoxy groups -OCH3 is 1. The highest BCUT2D eigenvalue weighted by atomic mass is 79.9. The van der Waals surface area contributed by atoms with E-state index in [1.54, 1.807) is 86.6 Å². The van der Waals surface area contributed by atoms with Gasteiger partial charge in [-0.05, 0) is 147 Å². The Morgan fingerprint density at radius 1 is 0.719 bits per heavy atom. The SMILES string of the molecule is COC1=CC(=O)C=C(C)C1C(=O)Oc1c(C)c(C)c(C(=O)Oc2cc(C)c(C(=O)Oc3c(C)c(C)c(C(=O)O)c(C)c3-c3ccccc3Cl)c(C)c2C)c(O)c1Br. The molecule has 4 aromatic rings. The molecule has 2 N–H and O–H groups in total. The summed E-state index contributed by atoms with van der Waals surface area (Å²) in [6.45, 7) is 14.7. The maximum absolute atomic E-state index is 14.1. The number of carboxylic acid groups (broad SMARTS) is 1. The Morgan fingerprint density at radius 3 is 1.91 bits per heavy atom. The molecule has 0 aromatic heterocycles. The lowest BCUT2D eigenvalue weighted by Crippen LogP contribution is -2.28. The minimum Gasteiger partial charge on any atom is -0.506 e. The molecule has 1 aliphatic rings. The van der Waals surface area contributed by atoms with E-state index in [4.69, 9.17) is 30.5 Å². The van der Waals surface area contributed by atoms with E-state index in [2.05, 4.69) is 15.9 Å². The molecule has 0 radical (unpaired) electrons. The quantitative estimate of drug-likeness (QED) is 0.122. The number of ether oxygens (including phenoxy) is 4. The van der Waals surface area contributed by atoms with Crippen molar-refractivity contribution in [1.29, 1.82) is 0 Å². The van der Waals surface area contributed by atoms with E-state index in [1.807, 2.05) is 0 Å². The molecule has 0 amide bonds. The van der Waals surface area contributed by atoms with Gasteiger partial charge in [-0.3, -0.25) is 9.59 Å². The van der Waals surface area contributed by atoms with Gasteiger partial charge in [-0.25, -0.2) is 14.4 Å². The van der Waals surface area contributed by atoms with Gasteiger partial charge in [0.2, 0.25) is 0 Å². The van der Waals surface area contributed by atoms with Crippen molar-refractivity contribution < 1.29 is 53.1 Å². The molecule has 11 nitrogen and oxygen atoms in total. The van der Waals surface area contributed by atoms with Crippen LogP contribution in [0.2, 0.25) is 5.02 Å². The summed E-state index contributed by atoms with van der Waals surface area (Å²) in [6.07, 6.45) is 2.51. The van der Waals surface area contributed by atoms with Crippen LogP contribution in [0.25, 0.3) is 11.1 Å². The van der Waals surface area contributed by atoms with E-state index < -0.39 is 35.5 Å². The number of aromatic hydroxyl groups is 1. The third-order valence-electron chi connectivity index (χ3n) is 10.5. The molecule has 1 unspecified atom stereocenters. The number of hydrogen-bond donors (Lipinski definition) is 2. The zero-order valence-electron chi connectivity index (χ0n) is 32.9. The fourth-order valence-corrected chi connectivity index (χ4v) is 7.85. The van der Waals surface area contributed by atoms with E-state index in [9.17, 15) is 34.2 Å². The van der Waals surface area contributed by atoms with Crippen molar-refractivity contribution in [2.75, 3.05) is 7.11 Å². The molecule has 0 saturated carbocycles. The number of phenols is 1. The lowest BCUT2D eigenvalue weighted by atomic mass is 9.88. The van der Waals surface area contributed by atoms with Gasteiger partial charge in [0.05, 0.1) is 18.2 Å². The van der Waals surface area contributed by atoms with Crippen LogP contribution >= 0.6 is 27.5 Å². The highest BCUT2D eigenvalue weighted by Gasteiger charge is 2.34. The van der Waals surface area contributed by atoms with E-state index in [-0.39, 0.29) is 55.5 Å². The normalized spacial score (nSPS) is 13.8. The number of phenolic OH excluding ortho intramolecular Hbond substituents is 1. The van der Waals surface area contributed by atoms with E-state index in [0.29, 0.717) is 60.7 Å². The molecule has 296 valence electrons. The van der Waals surface area contributed by atoms with E-state index in [0.717, 1.165) is 0 Å². The maximum Gasteiger partial charge on any atom is 0.347 e. The Balaban J connectivity index is 1.48. The molecule has 0 heterocycles. The highest BCUT2D eigenvalue weighted by molar-refractivity contribution is 9.10. The molecule has 0 aliphatic heterocycles. The Morgan fingerprint density at radius 2 is 1.30 bits per heavy atom. The van der Waals surface area contributed by atoms with Crippen LogP contribution in [0.1, 0.15) is 82.5 Å². The number of aryl methyl sites for hydroxylation is 1. The summed E-state index contributed by atoms with van der Waals surface area (Å²) in [6, 6.07) is 8.39. The zero-order chi connectivity index (χ0) is 42.4. The van der Waals surface area contributed by atoms with Crippen LogP contribution < -0.4 is 14.2 Å². The molecule has 1 atom stereocenters. The standard InChI is InChI=1S/C44H40BrClO11/c1-18-15-27(47)17-31(54-10)33(18)43(52)57-40-25(8)23(6)36(38(48)37(40)45)44(53)55-30-16-19(2)32(21(4)20(30)3)42(51)56-39-24(7)22(5)34(41(49)50)26(9)35(39)28-13-11-12-14-29(28)46/h11-17,33,48H,1-10H3,(H,49,50). The summed E-state index contributed by atoms with van der Waals surface area (Å²) < 4.78 is 22.9. The molecule has 13 heteroatoms. The lowest BCUT2D eigenvalue weighted by molar-refractivity contribution is -0.137. The number of benzene rings is 4. The fraction of sp³-hybridized carbons (Fsp3) is 0.250. The molecule has 57 heavy (non-hydrogen) atoms. The molecular formula is C44H40BrClO11. The summed E-state index contributed by atoms with van der Waals surface area (Å²) in [5, 5.41) is 21.7. The van der Waals surface area contributed by atoms with Crippen LogP contribution in [0.4, 0.5) is 0 Å². The lowest BCUT2D eigenvalue weighted by Gasteiger charge is -2.23. The second-order valence-electron chi connectivity index (χ2n) is 13.8. The van der Waals surface area contributed by atoms with Gasteiger partial charge in [0, 0.05) is 22.2 Å². The second kappa shape index (κ2) is 16.4. The third-order valence-corrected chi connectivity index (χ3v) is 11.5. The van der Waals surface area contributed by atoms with Crippen molar-refractivity contribution >= 4 is 57.2 Å². The van der Waals surface area contributed by atoms with Gasteiger partial charge < -0.3 is 29.2 Å². The Labute approximate surface area is 343 Å². The number of esters is 3. The number of allylic oxidation sites excluding steroid dienone is 2. The monoisotopic (exact) mass is 858 g/mol. The van der Waals surface area contributed by atoms with E-state index >= 15 is 0 Å². The number of rotatable bonds is 9. The van der Waals surface area contributed by atoms with Gasteiger partial charge >= 0.3 is 23.9 Å². The first kappa shape index (κ1) is 42.4. The van der Waals surface area contributed by atoms with Gasteiger partial charge in [0.25, 0.3) is 0 Å². The highest BCUT2D eigenvalue weighted by Crippen LogP contribution is 2.45. The molecule has 1 aliphatic carbocycles. The van der Waals surface area contributed by atoms with E-state index in [1.165, 1.54) is 25.3 Å². The van der Waals surface area contributed by atoms with Gasteiger partial charge in [0.1, 0.15) is 39.0 Å². The minimum absolute atomic E-state index is 0.0339. The minimum atomic E-state index is -1.13. The van der Waals surface area contributed by atoms with Crippen LogP contribution in [0.3, 0.4) is 0 Å². The van der Waals surface area contributed by atoms with Gasteiger partial charge in [-0.15, -0.1) is 0 Å². The van der Waals surface area contributed by atoms with Crippen LogP contribution in [0, 0.1) is 61.3 Å². The molecule has 0 fully saturated rings. The number of aromatic carboxylic acids is 1. The van der Waals surface area contributed by atoms with Crippen LogP contribution in [-0.4, -0.2) is 47.0 Å². The van der Waals surface area contributed by atoms with Gasteiger partial charge in [-0.2, -0.15) is 0 Å². The number of hydrogen-bond acceptors (Lipinski definition) is 10. The van der Waals surface area contributed by atoms with Crippen molar-refractivity contribution in [1.82, 2.24) is 0 Å². The zero-order valence-corrected chi connectivity index (χ0v) is 35.3. The predicted octanol–water partition coefficient (Wildman–Crippen LogP) is 9.66. The summed E-state index contributed by atoms with van der Waals surface area (Å²) in [7, 11) is 1.34. The molecule has 4 aromatic carbocycles. The molecule has 0 bridgehead atoms. The summed E-state index contributed by atoms with van der Waals surface area (Å²) in [4.78, 5) is 65.5. The fourth-order valence-electron chi connectivity index (χ4n) is 7.04. The number of halogens is 2. The first-order chi connectivity index (χ1) is 26.7. The average Bonchev–Trinajstić information content (AvgIpc) is 3.13. The Kier molecular flexibility index (Phi) is 12.2. The van der Waals surface area contributed by atoms with Gasteiger partial charge in [-0.1, -0.05) is 29.8 Å². The summed E-state index contributed by atoms with van der Waals surface area (Å²) in [5.74, 6) is -5.03. The molecule has 0 saturated heterocycles. The number of ketones is 1. The summed E-state index contributed by atoms with van der Waals surface area (Å²) >= 11 is 9.86. The van der Waals surface area contributed by atoms with Crippen LogP contribution in [0.15, 0.2) is 58.3 Å².